The highest BCUT2D eigenvalue weighted by atomic mass is 16.1. The van der Waals surface area contributed by atoms with Crippen molar-refractivity contribution >= 4 is 11.6 Å². The zero-order valence-electron chi connectivity index (χ0n) is 13.1. The molecule has 1 heterocycles. The Morgan fingerprint density at radius 1 is 1.38 bits per heavy atom. The molecule has 116 valence electrons. The van der Waals surface area contributed by atoms with Gasteiger partial charge in [0.15, 0.2) is 0 Å². The van der Waals surface area contributed by atoms with Crippen LogP contribution >= 0.6 is 0 Å². The number of nitrogens with one attached hydrogen (secondary N) is 2. The predicted molar refractivity (Wildman–Crippen MR) is 84.8 cm³/mol. The van der Waals surface area contributed by atoms with Crippen molar-refractivity contribution in [3.63, 3.8) is 0 Å². The first-order chi connectivity index (χ1) is 10.0. The lowest BCUT2D eigenvalue weighted by molar-refractivity contribution is 0.0889. The lowest BCUT2D eigenvalue weighted by Gasteiger charge is -2.35. The summed E-state index contributed by atoms with van der Waals surface area (Å²) in [6.07, 6.45) is 6.28. The number of nitrogen functional groups attached to an aromatic ring is 1. The normalized spacial score (nSPS) is 22.1. The Balaban J connectivity index is 2.13. The fraction of sp³-hybridized carbons (Fsp3) is 0.625. The largest absolute Gasteiger partial charge is 0.349 e. The van der Waals surface area contributed by atoms with Crippen LogP contribution in [0.4, 0.5) is 5.69 Å². The van der Waals surface area contributed by atoms with E-state index in [9.17, 15) is 4.79 Å². The van der Waals surface area contributed by atoms with Crippen molar-refractivity contribution in [3.8, 4) is 0 Å². The van der Waals surface area contributed by atoms with E-state index in [4.69, 9.17) is 5.84 Å². The molecule has 1 aromatic heterocycles. The van der Waals surface area contributed by atoms with E-state index in [2.05, 4.69) is 29.6 Å². The molecule has 5 nitrogen and oxygen atoms in total. The Hall–Kier alpha value is -1.62. The van der Waals surface area contributed by atoms with Gasteiger partial charge in [0.05, 0.1) is 11.3 Å². The topological polar surface area (TPSA) is 80.0 Å². The highest BCUT2D eigenvalue weighted by molar-refractivity contribution is 5.99. The molecule has 1 aliphatic rings. The van der Waals surface area contributed by atoms with Crippen LogP contribution in [0.3, 0.4) is 0 Å². The van der Waals surface area contributed by atoms with Crippen LogP contribution < -0.4 is 16.6 Å². The SMILES string of the molecule is Cc1cc(NN)c(C(=O)NC2CCCCC2C(C)C)cn1. The fourth-order valence-electron chi connectivity index (χ4n) is 3.24. The summed E-state index contributed by atoms with van der Waals surface area (Å²) in [5.74, 6) is 6.55. The number of aryl methyl sites for hydroxylation is 1. The summed E-state index contributed by atoms with van der Waals surface area (Å²) < 4.78 is 0. The first kappa shape index (κ1) is 15.8. The molecule has 1 aliphatic carbocycles. The molecule has 1 fully saturated rings. The number of hydrogen-bond acceptors (Lipinski definition) is 4. The van der Waals surface area contributed by atoms with Crippen LogP contribution in [0.2, 0.25) is 0 Å². The number of amides is 1. The van der Waals surface area contributed by atoms with Crippen LogP contribution in [0, 0.1) is 18.8 Å². The number of carbonyl (C=O) groups excluding carboxylic acids is 1. The monoisotopic (exact) mass is 290 g/mol. The Labute approximate surface area is 126 Å². The van der Waals surface area contributed by atoms with Gasteiger partial charge in [-0.2, -0.15) is 0 Å². The molecule has 1 aromatic rings. The van der Waals surface area contributed by atoms with Gasteiger partial charge in [-0.05, 0) is 37.7 Å². The van der Waals surface area contributed by atoms with E-state index in [0.717, 1.165) is 12.1 Å². The number of carbonyl (C=O) groups is 1. The summed E-state index contributed by atoms with van der Waals surface area (Å²) in [4.78, 5) is 16.7. The second-order valence-electron chi connectivity index (χ2n) is 6.29. The third-order valence-electron chi connectivity index (χ3n) is 4.43. The number of hydrogen-bond donors (Lipinski definition) is 3. The van der Waals surface area contributed by atoms with Crippen LogP contribution in [0.15, 0.2) is 12.3 Å². The lowest BCUT2D eigenvalue weighted by Crippen LogP contribution is -2.44. The third-order valence-corrected chi connectivity index (χ3v) is 4.43. The molecule has 5 heteroatoms. The van der Waals surface area contributed by atoms with Gasteiger partial charge in [-0.15, -0.1) is 0 Å². The molecule has 0 bridgehead atoms. The lowest BCUT2D eigenvalue weighted by atomic mass is 9.78. The summed E-state index contributed by atoms with van der Waals surface area (Å²) in [6.45, 7) is 6.34. The van der Waals surface area contributed by atoms with E-state index < -0.39 is 0 Å². The minimum absolute atomic E-state index is 0.0898. The average Bonchev–Trinajstić information content (AvgIpc) is 2.47. The molecule has 21 heavy (non-hydrogen) atoms. The van der Waals surface area contributed by atoms with Gasteiger partial charge in [-0.3, -0.25) is 15.6 Å². The zero-order chi connectivity index (χ0) is 15.4. The number of pyridine rings is 1. The number of hydrazine groups is 1. The highest BCUT2D eigenvalue weighted by Crippen LogP contribution is 2.30. The first-order valence-corrected chi connectivity index (χ1v) is 7.77. The summed E-state index contributed by atoms with van der Waals surface area (Å²) in [7, 11) is 0. The molecule has 0 aliphatic heterocycles. The molecule has 4 N–H and O–H groups in total. The van der Waals surface area contributed by atoms with Crippen molar-refractivity contribution in [3.05, 3.63) is 23.5 Å². The molecular weight excluding hydrogens is 264 g/mol. The zero-order valence-corrected chi connectivity index (χ0v) is 13.1. The van der Waals surface area contributed by atoms with Gasteiger partial charge in [0.2, 0.25) is 0 Å². The Morgan fingerprint density at radius 3 is 2.76 bits per heavy atom. The summed E-state index contributed by atoms with van der Waals surface area (Å²) in [5.41, 5.74) is 4.55. The number of nitrogens with zero attached hydrogens (tertiary/aromatic N) is 1. The van der Waals surface area contributed by atoms with Crippen LogP contribution in [0.5, 0.6) is 0 Å². The molecular formula is C16H26N4O. The van der Waals surface area contributed by atoms with Crippen LogP contribution in [-0.4, -0.2) is 16.9 Å². The molecule has 2 unspecified atom stereocenters. The molecule has 0 spiro atoms. The second kappa shape index (κ2) is 6.89. The van der Waals surface area contributed by atoms with Crippen LogP contribution in [0.1, 0.15) is 55.6 Å². The highest BCUT2D eigenvalue weighted by Gasteiger charge is 2.29. The van der Waals surface area contributed by atoms with E-state index in [-0.39, 0.29) is 11.9 Å². The molecule has 0 saturated heterocycles. The van der Waals surface area contributed by atoms with E-state index in [1.165, 1.54) is 19.3 Å². The van der Waals surface area contributed by atoms with Crippen molar-refractivity contribution in [2.24, 2.45) is 17.7 Å². The average molecular weight is 290 g/mol. The smallest absolute Gasteiger partial charge is 0.255 e. The molecule has 0 radical (unpaired) electrons. The van der Waals surface area contributed by atoms with Crippen LogP contribution in [0.25, 0.3) is 0 Å². The minimum Gasteiger partial charge on any atom is -0.349 e. The third kappa shape index (κ3) is 3.73. The quantitative estimate of drug-likeness (QED) is 0.588. The number of aromatic nitrogens is 1. The van der Waals surface area contributed by atoms with Gasteiger partial charge in [0, 0.05) is 17.9 Å². The van der Waals surface area contributed by atoms with Gasteiger partial charge in [0.25, 0.3) is 5.91 Å². The van der Waals surface area contributed by atoms with Crippen molar-refractivity contribution in [2.75, 3.05) is 5.43 Å². The summed E-state index contributed by atoms with van der Waals surface area (Å²) >= 11 is 0. The fourth-order valence-corrected chi connectivity index (χ4v) is 3.24. The predicted octanol–water partition coefficient (Wildman–Crippen LogP) is 2.62. The van der Waals surface area contributed by atoms with E-state index in [1.807, 2.05) is 6.92 Å². The first-order valence-electron chi connectivity index (χ1n) is 7.77. The molecule has 1 amide bonds. The van der Waals surface area contributed by atoms with Gasteiger partial charge < -0.3 is 10.7 Å². The number of rotatable bonds is 4. The van der Waals surface area contributed by atoms with Crippen LogP contribution in [-0.2, 0) is 0 Å². The summed E-state index contributed by atoms with van der Waals surface area (Å²) in [5, 5.41) is 3.19. The van der Waals surface area contributed by atoms with Crippen molar-refractivity contribution in [1.29, 1.82) is 0 Å². The van der Waals surface area contributed by atoms with Gasteiger partial charge >= 0.3 is 0 Å². The molecule has 2 rings (SSSR count). The minimum atomic E-state index is -0.0898. The number of anilines is 1. The van der Waals surface area contributed by atoms with Crippen molar-refractivity contribution in [2.45, 2.75) is 52.5 Å². The standard InChI is InChI=1S/C16H26N4O/c1-10(2)12-6-4-5-7-14(12)19-16(21)13-9-18-11(3)8-15(13)20-17/h8-10,12,14H,4-7,17H2,1-3H3,(H,18,20)(H,19,21). The number of nitrogens with two attached hydrogens (primary N) is 1. The Bertz CT molecular complexity index is 501. The Kier molecular flexibility index (Phi) is 5.17. The van der Waals surface area contributed by atoms with Gasteiger partial charge in [0.1, 0.15) is 0 Å². The molecule has 0 aromatic carbocycles. The van der Waals surface area contributed by atoms with Crippen molar-refractivity contribution in [1.82, 2.24) is 10.3 Å². The second-order valence-corrected chi connectivity index (χ2v) is 6.29. The van der Waals surface area contributed by atoms with E-state index in [0.29, 0.717) is 23.1 Å². The maximum atomic E-state index is 12.5. The maximum absolute atomic E-state index is 12.5. The molecule has 2 atom stereocenters. The van der Waals surface area contributed by atoms with Crippen molar-refractivity contribution < 1.29 is 4.79 Å². The molecule has 1 saturated carbocycles. The van der Waals surface area contributed by atoms with Gasteiger partial charge in [-0.1, -0.05) is 26.7 Å². The summed E-state index contributed by atoms with van der Waals surface area (Å²) in [6, 6.07) is 2.04. The van der Waals surface area contributed by atoms with E-state index in [1.54, 1.807) is 12.3 Å². The van der Waals surface area contributed by atoms with E-state index >= 15 is 0 Å². The maximum Gasteiger partial charge on any atom is 0.255 e. The van der Waals surface area contributed by atoms with Gasteiger partial charge in [-0.25, -0.2) is 0 Å². The Morgan fingerprint density at radius 2 is 2.10 bits per heavy atom.